The Morgan fingerprint density at radius 3 is 2.65 bits per heavy atom. The predicted molar refractivity (Wildman–Crippen MR) is 175 cm³/mol. The van der Waals surface area contributed by atoms with Gasteiger partial charge in [-0.05, 0) is 116 Å². The molecular formula is C35H42N6O2. The van der Waals surface area contributed by atoms with Gasteiger partial charge in [-0.25, -0.2) is 0 Å². The van der Waals surface area contributed by atoms with Gasteiger partial charge < -0.3 is 25.6 Å². The second kappa shape index (κ2) is 12.4. The monoisotopic (exact) mass is 578 g/mol. The van der Waals surface area contributed by atoms with Crippen molar-refractivity contribution in [2.24, 2.45) is 16.5 Å². The molecule has 2 aliphatic heterocycles. The third-order valence-electron chi connectivity index (χ3n) is 8.74. The van der Waals surface area contributed by atoms with Crippen LogP contribution in [-0.2, 0) is 22.4 Å². The second-order valence-electron chi connectivity index (χ2n) is 11.9. The van der Waals surface area contributed by atoms with Crippen molar-refractivity contribution in [3.63, 3.8) is 0 Å². The molecule has 5 heterocycles. The van der Waals surface area contributed by atoms with Crippen LogP contribution < -0.4 is 11.5 Å². The van der Waals surface area contributed by atoms with Crippen LogP contribution in [0.25, 0.3) is 28.2 Å². The Hall–Kier alpha value is -4.46. The average Bonchev–Trinajstić information content (AvgIpc) is 3.55. The highest BCUT2D eigenvalue weighted by molar-refractivity contribution is 5.83. The van der Waals surface area contributed by atoms with Gasteiger partial charge in [0.25, 0.3) is 0 Å². The number of allylic oxidation sites excluding steroid dienone is 3. The third kappa shape index (κ3) is 6.33. The first-order valence-corrected chi connectivity index (χ1v) is 15.1. The van der Waals surface area contributed by atoms with Gasteiger partial charge in [0.05, 0.1) is 11.4 Å². The number of nitrogens with zero attached hydrogens (tertiary/aromatic N) is 3. The minimum atomic E-state index is -0.387. The molecule has 5 rings (SSSR count). The molecule has 43 heavy (non-hydrogen) atoms. The largest absolute Gasteiger partial charge is 0.387 e. The molecule has 0 saturated heterocycles. The van der Waals surface area contributed by atoms with E-state index in [1.54, 1.807) is 0 Å². The minimum Gasteiger partial charge on any atom is -0.387 e. The molecule has 0 spiro atoms. The van der Waals surface area contributed by atoms with Crippen molar-refractivity contribution in [2.75, 3.05) is 6.54 Å². The summed E-state index contributed by atoms with van der Waals surface area (Å²) in [6, 6.07) is 8.81. The van der Waals surface area contributed by atoms with Crippen LogP contribution in [0.2, 0.25) is 0 Å². The number of carbonyl (C=O) groups is 2. The van der Waals surface area contributed by atoms with Crippen LogP contribution in [0, 0.1) is 13.8 Å². The van der Waals surface area contributed by atoms with E-state index in [0.717, 1.165) is 63.0 Å². The lowest BCUT2D eigenvalue weighted by Gasteiger charge is -2.16. The summed E-state index contributed by atoms with van der Waals surface area (Å²) >= 11 is 0. The normalized spacial score (nSPS) is 17.1. The predicted octanol–water partition coefficient (Wildman–Crippen LogP) is 6.11. The topological polar surface area (TPSA) is 132 Å². The maximum absolute atomic E-state index is 11.4. The molecule has 2 aliphatic rings. The summed E-state index contributed by atoms with van der Waals surface area (Å²) in [5.41, 5.74) is 26.1. The molecule has 8 heteroatoms. The maximum atomic E-state index is 11.4. The number of H-pyrrole nitrogens is 1. The highest BCUT2D eigenvalue weighted by Crippen LogP contribution is 2.35. The third-order valence-corrected chi connectivity index (χ3v) is 8.74. The Bertz CT molecular complexity index is 1820. The number of primary amides is 1. The van der Waals surface area contributed by atoms with Gasteiger partial charge >= 0.3 is 0 Å². The average molecular weight is 579 g/mol. The Balaban J connectivity index is 1.82. The molecule has 3 aromatic heterocycles. The highest BCUT2D eigenvalue weighted by Gasteiger charge is 2.20. The number of aromatic nitrogens is 3. The summed E-state index contributed by atoms with van der Waals surface area (Å²) in [5.74, 6) is 0.441. The fourth-order valence-electron chi connectivity index (χ4n) is 6.28. The number of aromatic amines is 1. The fourth-order valence-corrected chi connectivity index (χ4v) is 6.28. The molecule has 6 bridgehead atoms. The van der Waals surface area contributed by atoms with E-state index in [-0.39, 0.29) is 12.3 Å². The van der Waals surface area contributed by atoms with Crippen LogP contribution >= 0.6 is 0 Å². The summed E-state index contributed by atoms with van der Waals surface area (Å²) in [4.78, 5) is 35.7. The number of aliphatic imine (C=N–C) groups is 1. The van der Waals surface area contributed by atoms with Crippen molar-refractivity contribution in [3.8, 4) is 0 Å². The number of rotatable bonds is 9. The van der Waals surface area contributed by atoms with Gasteiger partial charge in [0.1, 0.15) is 6.29 Å². The van der Waals surface area contributed by atoms with Gasteiger partial charge in [-0.3, -0.25) is 14.8 Å². The molecule has 0 aliphatic carbocycles. The van der Waals surface area contributed by atoms with Crippen LogP contribution in [0.15, 0.2) is 46.6 Å². The first-order valence-electron chi connectivity index (χ1n) is 15.1. The van der Waals surface area contributed by atoms with Crippen LogP contribution in [-0.4, -0.2) is 38.9 Å². The molecule has 5 N–H and O–H groups in total. The first-order chi connectivity index (χ1) is 20.5. The van der Waals surface area contributed by atoms with Crippen LogP contribution in [0.5, 0.6) is 0 Å². The van der Waals surface area contributed by atoms with E-state index in [2.05, 4.69) is 85.5 Å². The van der Waals surface area contributed by atoms with Crippen LogP contribution in [0.3, 0.4) is 0 Å². The number of aldehydes is 1. The number of hydrogen-bond donors (Lipinski definition) is 3. The summed E-state index contributed by atoms with van der Waals surface area (Å²) in [7, 11) is 0. The Morgan fingerprint density at radius 1 is 1.12 bits per heavy atom. The zero-order valence-corrected chi connectivity index (χ0v) is 25.9. The van der Waals surface area contributed by atoms with Crippen molar-refractivity contribution in [3.05, 3.63) is 80.9 Å². The molecule has 0 saturated carbocycles. The smallest absolute Gasteiger partial charge is 0.219 e. The van der Waals surface area contributed by atoms with Crippen LogP contribution in [0.4, 0.5) is 0 Å². The zero-order valence-electron chi connectivity index (χ0n) is 25.9. The number of nitrogens with two attached hydrogens (primary N) is 2. The van der Waals surface area contributed by atoms with Gasteiger partial charge in [-0.15, -0.1) is 0 Å². The number of amidine groups is 1. The molecule has 0 fully saturated rings. The molecule has 0 aromatic carbocycles. The van der Waals surface area contributed by atoms with Gasteiger partial charge in [0, 0.05) is 66.0 Å². The fraction of sp³-hybridized carbons (Fsp3) is 0.371. The molecule has 8 nitrogen and oxygen atoms in total. The lowest BCUT2D eigenvalue weighted by molar-refractivity contribution is -0.117. The summed E-state index contributed by atoms with van der Waals surface area (Å²) < 4.78 is 2.30. The van der Waals surface area contributed by atoms with Crippen molar-refractivity contribution >= 4 is 46.2 Å². The molecule has 0 radical (unpaired) electrons. The summed E-state index contributed by atoms with van der Waals surface area (Å²) in [5, 5.41) is 0. The van der Waals surface area contributed by atoms with Gasteiger partial charge in [-0.2, -0.15) is 0 Å². The highest BCUT2D eigenvalue weighted by atomic mass is 16.1. The minimum absolute atomic E-state index is 0.181. The van der Waals surface area contributed by atoms with Gasteiger partial charge in [0.15, 0.2) is 0 Å². The van der Waals surface area contributed by atoms with E-state index in [4.69, 9.17) is 16.5 Å². The van der Waals surface area contributed by atoms with E-state index in [1.807, 2.05) is 0 Å². The Labute approximate surface area is 253 Å². The van der Waals surface area contributed by atoms with Crippen LogP contribution in [0.1, 0.15) is 91.7 Å². The van der Waals surface area contributed by atoms with E-state index >= 15 is 0 Å². The standard InChI is InChI=1S/C35H42N6O2/c1-20-15-33-29(8-9-34(36)38-11-10-35(37)43)24(5)32-18-31-22(3)14-27(40-31)17-30-21(2)13-26(39-30)16-25(19-41(32)33)23(4)28(20)7-6-12-42/h12,14-19,21,40H,6-11,13H2,1-5H3,(H2,36,38)(H2,37,43)/b20-15+,25-19?,26-16?,27-17?,28-23?,31-18?. The van der Waals surface area contributed by atoms with Crippen molar-refractivity contribution in [2.45, 2.75) is 79.1 Å². The lowest BCUT2D eigenvalue weighted by atomic mass is 9.91. The Kier molecular flexibility index (Phi) is 8.67. The molecule has 1 amide bonds. The number of hydrogen-bond acceptors (Lipinski definition) is 4. The summed E-state index contributed by atoms with van der Waals surface area (Å²) in [6.45, 7) is 11.1. The molecular weight excluding hydrogens is 536 g/mol. The molecule has 1 unspecified atom stereocenters. The van der Waals surface area contributed by atoms with E-state index in [0.29, 0.717) is 44.0 Å². The van der Waals surface area contributed by atoms with Crippen molar-refractivity contribution in [1.29, 1.82) is 0 Å². The number of fused-ring (bicyclic) bond motifs is 5. The molecule has 224 valence electrons. The quantitative estimate of drug-likeness (QED) is 0.160. The lowest BCUT2D eigenvalue weighted by Crippen LogP contribution is -2.16. The Morgan fingerprint density at radius 2 is 1.91 bits per heavy atom. The summed E-state index contributed by atoms with van der Waals surface area (Å²) in [6.07, 6.45) is 8.92. The van der Waals surface area contributed by atoms with Crippen molar-refractivity contribution in [1.82, 2.24) is 14.4 Å². The molecule has 1 atom stereocenters. The zero-order chi connectivity index (χ0) is 30.8. The number of carbonyl (C=O) groups excluding carboxylic acids is 2. The number of aryl methyl sites for hydroxylation is 2. The van der Waals surface area contributed by atoms with E-state index < -0.39 is 0 Å². The van der Waals surface area contributed by atoms with E-state index in [9.17, 15) is 9.59 Å². The number of nitrogens with one attached hydrogen (secondary N) is 1. The maximum Gasteiger partial charge on any atom is 0.219 e. The SMILES string of the molecule is CC1=C(CCC=O)/C(C)=C/c2c(CCC(N)=NCCC(N)=O)c(C)c3cc4[nH]c(cc5nc(cc1cn23)CC5C)cc4C. The number of amides is 1. The van der Waals surface area contributed by atoms with E-state index in [1.165, 1.54) is 22.3 Å². The van der Waals surface area contributed by atoms with Crippen molar-refractivity contribution < 1.29 is 9.59 Å². The van der Waals surface area contributed by atoms with Gasteiger partial charge in [-0.1, -0.05) is 6.92 Å². The second-order valence-corrected chi connectivity index (χ2v) is 11.9. The molecule has 3 aromatic rings. The van der Waals surface area contributed by atoms with Gasteiger partial charge in [0.2, 0.25) is 5.91 Å². The first kappa shape index (κ1) is 30.0.